The molecular formula is C26H35Cl2N3O6S. The summed E-state index contributed by atoms with van der Waals surface area (Å²) in [5, 5.41) is 3.67. The molecule has 2 aromatic carbocycles. The highest BCUT2D eigenvalue weighted by Crippen LogP contribution is 2.32. The van der Waals surface area contributed by atoms with E-state index in [2.05, 4.69) is 5.32 Å². The molecule has 0 saturated heterocycles. The van der Waals surface area contributed by atoms with Gasteiger partial charge in [0.25, 0.3) is 0 Å². The van der Waals surface area contributed by atoms with Crippen LogP contribution in [0.3, 0.4) is 0 Å². The zero-order valence-electron chi connectivity index (χ0n) is 22.5. The number of amides is 2. The molecule has 2 aromatic rings. The maximum Gasteiger partial charge on any atom is 0.244 e. The summed E-state index contributed by atoms with van der Waals surface area (Å²) < 4.78 is 37.2. The number of carbonyl (C=O) groups is 2. The van der Waals surface area contributed by atoms with Gasteiger partial charge in [-0.15, -0.1) is 0 Å². The van der Waals surface area contributed by atoms with Crippen LogP contribution in [0.25, 0.3) is 0 Å². The van der Waals surface area contributed by atoms with Gasteiger partial charge in [-0.05, 0) is 49.6 Å². The van der Waals surface area contributed by atoms with Crippen molar-refractivity contribution < 1.29 is 27.5 Å². The molecule has 1 N–H and O–H groups in total. The van der Waals surface area contributed by atoms with Crippen LogP contribution in [0.1, 0.15) is 39.2 Å². The summed E-state index contributed by atoms with van der Waals surface area (Å²) in [6, 6.07) is 8.43. The second-order valence-corrected chi connectivity index (χ2v) is 11.6. The van der Waals surface area contributed by atoms with E-state index in [1.54, 1.807) is 31.2 Å². The minimum Gasteiger partial charge on any atom is -0.493 e. The van der Waals surface area contributed by atoms with E-state index in [0.717, 1.165) is 10.6 Å². The van der Waals surface area contributed by atoms with Crippen LogP contribution in [-0.4, -0.2) is 64.2 Å². The number of carbonyl (C=O) groups excluding carboxylic acids is 2. The third-order valence-corrected chi connectivity index (χ3v) is 7.80. The highest BCUT2D eigenvalue weighted by Gasteiger charge is 2.32. The van der Waals surface area contributed by atoms with Crippen molar-refractivity contribution in [1.29, 1.82) is 0 Å². The van der Waals surface area contributed by atoms with Crippen molar-refractivity contribution in [2.75, 3.05) is 31.3 Å². The van der Waals surface area contributed by atoms with Gasteiger partial charge in [-0.2, -0.15) is 0 Å². The molecule has 0 radical (unpaired) electrons. The molecule has 0 bridgehead atoms. The molecule has 38 heavy (non-hydrogen) atoms. The van der Waals surface area contributed by atoms with Crippen LogP contribution < -0.4 is 19.1 Å². The van der Waals surface area contributed by atoms with Gasteiger partial charge >= 0.3 is 0 Å². The van der Waals surface area contributed by atoms with Gasteiger partial charge in [0.15, 0.2) is 11.5 Å². The summed E-state index contributed by atoms with van der Waals surface area (Å²) in [6.45, 7) is 5.02. The van der Waals surface area contributed by atoms with Crippen molar-refractivity contribution in [3.8, 4) is 11.5 Å². The maximum absolute atomic E-state index is 13.8. The van der Waals surface area contributed by atoms with Crippen LogP contribution >= 0.6 is 23.2 Å². The zero-order valence-corrected chi connectivity index (χ0v) is 24.8. The second kappa shape index (κ2) is 13.9. The molecule has 9 nitrogen and oxygen atoms in total. The third kappa shape index (κ3) is 8.15. The van der Waals surface area contributed by atoms with Gasteiger partial charge in [-0.25, -0.2) is 8.42 Å². The molecule has 0 fully saturated rings. The normalized spacial score (nSPS) is 12.8. The standard InChI is InChI=1S/C26H35Cl2N3O6S/c1-7-17(3)29-26(33)22(8-2)30(15-18-9-10-19(27)13-21(18)28)25(32)16-31(38(6,34)35)20-11-12-23(36-4)24(14-20)37-5/h9-14,17,22H,7-8,15-16H2,1-6H3,(H,29,33)/t17-,22-/m0/s1. The van der Waals surface area contributed by atoms with Crippen LogP contribution in [-0.2, 0) is 26.2 Å². The van der Waals surface area contributed by atoms with Crippen LogP contribution in [0.4, 0.5) is 5.69 Å². The zero-order chi connectivity index (χ0) is 28.6. The van der Waals surface area contributed by atoms with Crippen molar-refractivity contribution in [2.45, 2.75) is 52.2 Å². The summed E-state index contributed by atoms with van der Waals surface area (Å²) >= 11 is 12.4. The van der Waals surface area contributed by atoms with Crippen LogP contribution in [0.15, 0.2) is 36.4 Å². The Morgan fingerprint density at radius 3 is 2.18 bits per heavy atom. The minimum absolute atomic E-state index is 0.0230. The van der Waals surface area contributed by atoms with E-state index < -0.39 is 28.5 Å². The molecule has 0 aliphatic carbocycles. The number of hydrogen-bond acceptors (Lipinski definition) is 6. The number of ether oxygens (including phenoxy) is 2. The molecule has 12 heteroatoms. The van der Waals surface area contributed by atoms with Gasteiger partial charge in [0.1, 0.15) is 12.6 Å². The summed E-state index contributed by atoms with van der Waals surface area (Å²) in [5.41, 5.74) is 0.774. The number of anilines is 1. The Morgan fingerprint density at radius 1 is 1.00 bits per heavy atom. The fourth-order valence-corrected chi connectivity index (χ4v) is 5.10. The Bertz CT molecular complexity index is 1240. The van der Waals surface area contributed by atoms with Crippen molar-refractivity contribution in [3.63, 3.8) is 0 Å². The lowest BCUT2D eigenvalue weighted by Crippen LogP contribution is -2.53. The van der Waals surface area contributed by atoms with E-state index in [1.165, 1.54) is 31.3 Å². The van der Waals surface area contributed by atoms with Gasteiger partial charge in [-0.3, -0.25) is 13.9 Å². The Labute approximate surface area is 235 Å². The van der Waals surface area contributed by atoms with Crippen molar-refractivity contribution in [2.24, 2.45) is 0 Å². The first-order chi connectivity index (χ1) is 17.9. The average molecular weight is 589 g/mol. The molecule has 2 amide bonds. The van der Waals surface area contributed by atoms with E-state index in [1.807, 2.05) is 13.8 Å². The molecular weight excluding hydrogens is 553 g/mol. The number of halogens is 2. The second-order valence-electron chi connectivity index (χ2n) is 8.81. The smallest absolute Gasteiger partial charge is 0.244 e. The fourth-order valence-electron chi connectivity index (χ4n) is 3.79. The molecule has 2 rings (SSSR count). The molecule has 0 saturated carbocycles. The first-order valence-corrected chi connectivity index (χ1v) is 14.7. The molecule has 210 valence electrons. The molecule has 0 spiro atoms. The largest absolute Gasteiger partial charge is 0.493 e. The average Bonchev–Trinajstić information content (AvgIpc) is 2.86. The molecule has 0 aromatic heterocycles. The number of sulfonamides is 1. The van der Waals surface area contributed by atoms with Crippen molar-refractivity contribution in [3.05, 3.63) is 52.0 Å². The number of methoxy groups -OCH3 is 2. The lowest BCUT2D eigenvalue weighted by Gasteiger charge is -2.33. The first kappa shape index (κ1) is 31.5. The van der Waals surface area contributed by atoms with Crippen molar-refractivity contribution >= 4 is 50.7 Å². The predicted octanol–water partition coefficient (Wildman–Crippen LogP) is 4.50. The molecule has 2 atom stereocenters. The van der Waals surface area contributed by atoms with Gasteiger partial charge in [0, 0.05) is 28.7 Å². The topological polar surface area (TPSA) is 105 Å². The lowest BCUT2D eigenvalue weighted by molar-refractivity contribution is -0.140. The number of hydrogen-bond donors (Lipinski definition) is 1. The molecule has 0 heterocycles. The lowest BCUT2D eigenvalue weighted by atomic mass is 10.1. The van der Waals surface area contributed by atoms with Gasteiger partial charge in [-0.1, -0.05) is 43.1 Å². The maximum atomic E-state index is 13.8. The summed E-state index contributed by atoms with van der Waals surface area (Å²) in [5.74, 6) is -0.210. The molecule has 0 aliphatic heterocycles. The highest BCUT2D eigenvalue weighted by molar-refractivity contribution is 7.92. The minimum atomic E-state index is -3.91. The van der Waals surface area contributed by atoms with Crippen molar-refractivity contribution in [1.82, 2.24) is 10.2 Å². The van der Waals surface area contributed by atoms with Crippen LogP contribution in [0.2, 0.25) is 10.0 Å². The Morgan fingerprint density at radius 2 is 1.66 bits per heavy atom. The van der Waals surface area contributed by atoms with E-state index in [0.29, 0.717) is 39.9 Å². The number of nitrogens with one attached hydrogen (secondary N) is 1. The molecule has 0 unspecified atom stereocenters. The van der Waals surface area contributed by atoms with E-state index in [9.17, 15) is 18.0 Å². The Kier molecular flexibility index (Phi) is 11.5. The van der Waals surface area contributed by atoms with Crippen LogP contribution in [0.5, 0.6) is 11.5 Å². The monoisotopic (exact) mass is 587 g/mol. The number of benzene rings is 2. The summed E-state index contributed by atoms with van der Waals surface area (Å²) in [4.78, 5) is 28.4. The third-order valence-electron chi connectivity index (χ3n) is 6.08. The van der Waals surface area contributed by atoms with E-state index in [4.69, 9.17) is 32.7 Å². The van der Waals surface area contributed by atoms with Gasteiger partial charge < -0.3 is 19.7 Å². The number of nitrogens with zero attached hydrogens (tertiary/aromatic N) is 2. The SMILES string of the molecule is CC[C@H](C)NC(=O)[C@H](CC)N(Cc1ccc(Cl)cc1Cl)C(=O)CN(c1ccc(OC)c(OC)c1)S(C)(=O)=O. The van der Waals surface area contributed by atoms with Crippen LogP contribution in [0, 0.1) is 0 Å². The molecule has 0 aliphatic rings. The van der Waals surface area contributed by atoms with Gasteiger partial charge in [0.2, 0.25) is 21.8 Å². The Balaban J connectivity index is 2.52. The van der Waals surface area contributed by atoms with E-state index in [-0.39, 0.29) is 24.2 Å². The first-order valence-electron chi connectivity index (χ1n) is 12.1. The number of rotatable bonds is 13. The fraction of sp³-hybridized carbons (Fsp3) is 0.462. The summed E-state index contributed by atoms with van der Waals surface area (Å²) in [7, 11) is -1.02. The van der Waals surface area contributed by atoms with Gasteiger partial charge in [0.05, 0.1) is 26.2 Å². The quantitative estimate of drug-likeness (QED) is 0.370. The summed E-state index contributed by atoms with van der Waals surface area (Å²) in [6.07, 6.45) is 2.01. The highest BCUT2D eigenvalue weighted by atomic mass is 35.5. The van der Waals surface area contributed by atoms with E-state index >= 15 is 0 Å². The predicted molar refractivity (Wildman–Crippen MR) is 151 cm³/mol. The Hall–Kier alpha value is -2.69.